The molecule has 0 aromatic rings. The minimum Gasteiger partial charge on any atom is -0.394 e. The van der Waals surface area contributed by atoms with Gasteiger partial charge in [-0.3, -0.25) is 4.79 Å². The maximum absolute atomic E-state index is 11.3. The van der Waals surface area contributed by atoms with Crippen LogP contribution in [0, 0.1) is 0 Å². The van der Waals surface area contributed by atoms with Gasteiger partial charge in [0.25, 0.3) is 0 Å². The van der Waals surface area contributed by atoms with Crippen LogP contribution in [0.5, 0.6) is 0 Å². The lowest BCUT2D eigenvalue weighted by molar-refractivity contribution is -0.122. The SMILES string of the molecule is CC[C@H](CO)NC(=O)CCCCCN. The van der Waals surface area contributed by atoms with E-state index in [4.69, 9.17) is 10.8 Å². The standard InChI is InChI=1S/C10H22N2O2/c1-2-9(8-13)12-10(14)6-4-3-5-7-11/h9,13H,2-8,11H2,1H3,(H,12,14)/t9-/m1/s1. The van der Waals surface area contributed by atoms with Crippen LogP contribution >= 0.6 is 0 Å². The third kappa shape index (κ3) is 6.86. The summed E-state index contributed by atoms with van der Waals surface area (Å²) in [5.74, 6) is 0.0305. The summed E-state index contributed by atoms with van der Waals surface area (Å²) < 4.78 is 0. The second kappa shape index (κ2) is 8.97. The molecule has 14 heavy (non-hydrogen) atoms. The number of carbonyl (C=O) groups is 1. The van der Waals surface area contributed by atoms with Gasteiger partial charge in [-0.25, -0.2) is 0 Å². The van der Waals surface area contributed by atoms with E-state index >= 15 is 0 Å². The molecule has 0 rings (SSSR count). The zero-order chi connectivity index (χ0) is 10.8. The molecule has 1 amide bonds. The van der Waals surface area contributed by atoms with E-state index in [1.165, 1.54) is 0 Å². The van der Waals surface area contributed by atoms with Crippen molar-refractivity contribution in [1.82, 2.24) is 5.32 Å². The highest BCUT2D eigenvalue weighted by atomic mass is 16.3. The van der Waals surface area contributed by atoms with Gasteiger partial charge in [0.1, 0.15) is 0 Å². The molecule has 0 aliphatic heterocycles. The first-order valence-corrected chi connectivity index (χ1v) is 5.34. The van der Waals surface area contributed by atoms with Crippen molar-refractivity contribution in [2.24, 2.45) is 5.73 Å². The van der Waals surface area contributed by atoms with Crippen LogP contribution in [0.15, 0.2) is 0 Å². The minimum absolute atomic E-state index is 0.0189. The second-order valence-corrected chi connectivity index (χ2v) is 3.45. The average molecular weight is 202 g/mol. The number of hydrogen-bond acceptors (Lipinski definition) is 3. The fourth-order valence-electron chi connectivity index (χ4n) is 1.18. The van der Waals surface area contributed by atoms with E-state index < -0.39 is 0 Å². The first-order chi connectivity index (χ1) is 6.74. The number of carbonyl (C=O) groups excluding carboxylic acids is 1. The van der Waals surface area contributed by atoms with Gasteiger partial charge in [-0.15, -0.1) is 0 Å². The van der Waals surface area contributed by atoms with Gasteiger partial charge in [0, 0.05) is 6.42 Å². The van der Waals surface area contributed by atoms with E-state index in [1.54, 1.807) is 0 Å². The van der Waals surface area contributed by atoms with Crippen molar-refractivity contribution in [3.63, 3.8) is 0 Å². The number of rotatable bonds is 8. The van der Waals surface area contributed by atoms with Crippen molar-refractivity contribution in [2.75, 3.05) is 13.2 Å². The topological polar surface area (TPSA) is 75.3 Å². The zero-order valence-corrected chi connectivity index (χ0v) is 8.96. The second-order valence-electron chi connectivity index (χ2n) is 3.45. The van der Waals surface area contributed by atoms with E-state index in [0.717, 1.165) is 25.7 Å². The van der Waals surface area contributed by atoms with Crippen molar-refractivity contribution in [3.8, 4) is 0 Å². The predicted octanol–water partition coefficient (Wildman–Crippen LogP) is 0.393. The number of nitrogens with one attached hydrogen (secondary N) is 1. The van der Waals surface area contributed by atoms with E-state index in [1.807, 2.05) is 6.92 Å². The Morgan fingerprint density at radius 2 is 2.14 bits per heavy atom. The van der Waals surface area contributed by atoms with E-state index in [9.17, 15) is 4.79 Å². The third-order valence-electron chi connectivity index (χ3n) is 2.19. The Morgan fingerprint density at radius 1 is 1.43 bits per heavy atom. The number of nitrogens with two attached hydrogens (primary N) is 1. The summed E-state index contributed by atoms with van der Waals surface area (Å²) in [6.07, 6.45) is 4.16. The molecule has 0 bridgehead atoms. The Hall–Kier alpha value is -0.610. The van der Waals surface area contributed by atoms with Gasteiger partial charge in [0.2, 0.25) is 5.91 Å². The first kappa shape index (κ1) is 13.4. The quantitative estimate of drug-likeness (QED) is 0.498. The summed E-state index contributed by atoms with van der Waals surface area (Å²) in [6, 6.07) is -0.0861. The Labute approximate surface area is 85.9 Å². The molecule has 0 heterocycles. The molecule has 0 fully saturated rings. The average Bonchev–Trinajstić information content (AvgIpc) is 2.21. The van der Waals surface area contributed by atoms with Crippen LogP contribution in [0.1, 0.15) is 39.0 Å². The van der Waals surface area contributed by atoms with Crippen LogP contribution in [0.2, 0.25) is 0 Å². The van der Waals surface area contributed by atoms with Crippen LogP contribution in [-0.2, 0) is 4.79 Å². The molecule has 4 nitrogen and oxygen atoms in total. The zero-order valence-electron chi connectivity index (χ0n) is 8.96. The van der Waals surface area contributed by atoms with Gasteiger partial charge in [-0.1, -0.05) is 13.3 Å². The summed E-state index contributed by atoms with van der Waals surface area (Å²) in [6.45, 7) is 2.65. The highest BCUT2D eigenvalue weighted by molar-refractivity contribution is 5.76. The minimum atomic E-state index is -0.0861. The molecule has 0 aromatic carbocycles. The molecule has 0 saturated heterocycles. The Bertz CT molecular complexity index is 147. The van der Waals surface area contributed by atoms with Crippen LogP contribution in [-0.4, -0.2) is 30.2 Å². The number of aliphatic hydroxyl groups excluding tert-OH is 1. The monoisotopic (exact) mass is 202 g/mol. The number of unbranched alkanes of at least 4 members (excludes halogenated alkanes) is 2. The van der Waals surface area contributed by atoms with Gasteiger partial charge >= 0.3 is 0 Å². The highest BCUT2D eigenvalue weighted by Crippen LogP contribution is 1.99. The summed E-state index contributed by atoms with van der Waals surface area (Å²) in [5, 5.41) is 11.6. The van der Waals surface area contributed by atoms with Crippen molar-refractivity contribution in [3.05, 3.63) is 0 Å². The molecule has 0 spiro atoms. The Kier molecular flexibility index (Phi) is 8.57. The van der Waals surface area contributed by atoms with Gasteiger partial charge < -0.3 is 16.2 Å². The fraction of sp³-hybridized carbons (Fsp3) is 0.900. The highest BCUT2D eigenvalue weighted by Gasteiger charge is 2.07. The molecule has 0 aliphatic rings. The summed E-state index contributed by atoms with van der Waals surface area (Å²) in [5.41, 5.74) is 5.34. The van der Waals surface area contributed by atoms with Crippen LogP contribution in [0.25, 0.3) is 0 Å². The van der Waals surface area contributed by atoms with Gasteiger partial charge in [0.05, 0.1) is 12.6 Å². The number of amides is 1. The summed E-state index contributed by atoms with van der Waals surface area (Å²) >= 11 is 0. The first-order valence-electron chi connectivity index (χ1n) is 5.34. The van der Waals surface area contributed by atoms with Gasteiger partial charge in [0.15, 0.2) is 0 Å². The molecule has 0 saturated carbocycles. The smallest absolute Gasteiger partial charge is 0.220 e. The summed E-state index contributed by atoms with van der Waals surface area (Å²) in [7, 11) is 0. The van der Waals surface area contributed by atoms with Gasteiger partial charge in [-0.05, 0) is 25.8 Å². The Morgan fingerprint density at radius 3 is 2.64 bits per heavy atom. The van der Waals surface area contributed by atoms with Crippen molar-refractivity contribution < 1.29 is 9.90 Å². The molecular weight excluding hydrogens is 180 g/mol. The molecular formula is C10H22N2O2. The van der Waals surface area contributed by atoms with Crippen molar-refractivity contribution >= 4 is 5.91 Å². The molecule has 4 heteroatoms. The lowest BCUT2D eigenvalue weighted by Crippen LogP contribution is -2.36. The molecule has 84 valence electrons. The predicted molar refractivity (Wildman–Crippen MR) is 56.8 cm³/mol. The molecule has 0 unspecified atom stereocenters. The van der Waals surface area contributed by atoms with E-state index in [0.29, 0.717) is 13.0 Å². The molecule has 4 N–H and O–H groups in total. The lowest BCUT2D eigenvalue weighted by Gasteiger charge is -2.13. The molecule has 0 radical (unpaired) electrons. The van der Waals surface area contributed by atoms with E-state index in [2.05, 4.69) is 5.32 Å². The van der Waals surface area contributed by atoms with Crippen LogP contribution < -0.4 is 11.1 Å². The molecule has 0 aromatic heterocycles. The molecule has 1 atom stereocenters. The Balaban J connectivity index is 3.44. The maximum Gasteiger partial charge on any atom is 0.220 e. The largest absolute Gasteiger partial charge is 0.394 e. The molecule has 0 aliphatic carbocycles. The van der Waals surface area contributed by atoms with E-state index in [-0.39, 0.29) is 18.6 Å². The van der Waals surface area contributed by atoms with Crippen LogP contribution in [0.3, 0.4) is 0 Å². The van der Waals surface area contributed by atoms with Crippen molar-refractivity contribution in [1.29, 1.82) is 0 Å². The van der Waals surface area contributed by atoms with Gasteiger partial charge in [-0.2, -0.15) is 0 Å². The fourth-order valence-corrected chi connectivity index (χ4v) is 1.18. The van der Waals surface area contributed by atoms with Crippen molar-refractivity contribution in [2.45, 2.75) is 45.1 Å². The number of aliphatic hydroxyl groups is 1. The lowest BCUT2D eigenvalue weighted by atomic mass is 10.1. The summed E-state index contributed by atoms with van der Waals surface area (Å²) in [4.78, 5) is 11.3. The van der Waals surface area contributed by atoms with Crippen LogP contribution in [0.4, 0.5) is 0 Å². The third-order valence-corrected chi connectivity index (χ3v) is 2.19. The normalized spacial score (nSPS) is 12.5. The number of hydrogen-bond donors (Lipinski definition) is 3. The maximum atomic E-state index is 11.3.